The molecule has 1 rings (SSSR count). The molecule has 1 aromatic rings. The highest BCUT2D eigenvalue weighted by Crippen LogP contribution is 2.15. The van der Waals surface area contributed by atoms with Crippen LogP contribution in [0.2, 0.25) is 0 Å². The fourth-order valence-electron chi connectivity index (χ4n) is 2.47. The van der Waals surface area contributed by atoms with Crippen LogP contribution in [0, 0.1) is 6.92 Å². The van der Waals surface area contributed by atoms with Crippen LogP contribution in [-0.4, -0.2) is 18.3 Å². The Hall–Kier alpha value is -2.36. The van der Waals surface area contributed by atoms with Gasteiger partial charge < -0.3 is 10.6 Å². The maximum Gasteiger partial charge on any atom is 0.319 e. The minimum absolute atomic E-state index is 0.194. The summed E-state index contributed by atoms with van der Waals surface area (Å²) in [6, 6.07) is 7.54. The molecule has 0 unspecified atom stereocenters. The number of amides is 2. The summed E-state index contributed by atoms with van der Waals surface area (Å²) in [6.45, 7) is 12.6. The molecular weight excluding hydrogens is 310 g/mol. The molecule has 0 atom stereocenters. The quantitative estimate of drug-likeness (QED) is 0.444. The minimum Gasteiger partial charge on any atom is -0.337 e. The molecule has 136 valence electrons. The summed E-state index contributed by atoms with van der Waals surface area (Å²) >= 11 is 0. The van der Waals surface area contributed by atoms with E-state index in [4.69, 9.17) is 0 Å². The molecule has 0 radical (unpaired) electrons. The van der Waals surface area contributed by atoms with Gasteiger partial charge in [-0.2, -0.15) is 0 Å². The zero-order chi connectivity index (χ0) is 18.7. The second-order valence-corrected chi connectivity index (χ2v) is 6.27. The van der Waals surface area contributed by atoms with Crippen molar-refractivity contribution in [2.75, 3.05) is 11.9 Å². The molecule has 0 aliphatic rings. The van der Waals surface area contributed by atoms with Gasteiger partial charge in [0.25, 0.3) is 0 Å². The number of allylic oxidation sites excluding steroid dienone is 3. The highest BCUT2D eigenvalue weighted by molar-refractivity contribution is 5.90. The number of rotatable bonds is 9. The number of hydrogen-bond acceptors (Lipinski definition) is 2. The molecule has 0 aromatic heterocycles. The number of nitrogens with zero attached hydrogens (tertiary/aromatic N) is 1. The fraction of sp³-hybridized carbons (Fsp3) is 0.429. The molecule has 0 aliphatic heterocycles. The molecule has 1 aromatic carbocycles. The summed E-state index contributed by atoms with van der Waals surface area (Å²) in [5, 5.41) is 5.70. The van der Waals surface area contributed by atoms with Gasteiger partial charge in [0.1, 0.15) is 0 Å². The third kappa shape index (κ3) is 8.34. The lowest BCUT2D eigenvalue weighted by atomic mass is 10.1. The van der Waals surface area contributed by atoms with Gasteiger partial charge in [-0.05, 0) is 56.9 Å². The maximum absolute atomic E-state index is 11.9. The second-order valence-electron chi connectivity index (χ2n) is 6.27. The first kappa shape index (κ1) is 20.7. The lowest BCUT2D eigenvalue weighted by Crippen LogP contribution is -2.30. The first-order chi connectivity index (χ1) is 12.0. The van der Waals surface area contributed by atoms with E-state index in [0.717, 1.165) is 48.3 Å². The Bertz CT molecular complexity index is 644. The van der Waals surface area contributed by atoms with Crippen molar-refractivity contribution in [3.05, 3.63) is 53.8 Å². The Morgan fingerprint density at radius 1 is 1.28 bits per heavy atom. The van der Waals surface area contributed by atoms with E-state index in [9.17, 15) is 4.79 Å². The number of carbonyl (C=O) groups excluding carboxylic acids is 1. The predicted octanol–water partition coefficient (Wildman–Crippen LogP) is 5.62. The Morgan fingerprint density at radius 2 is 2.04 bits per heavy atom. The van der Waals surface area contributed by atoms with Crippen molar-refractivity contribution >= 4 is 17.4 Å². The Balaban J connectivity index is 2.47. The van der Waals surface area contributed by atoms with Gasteiger partial charge in [0.2, 0.25) is 0 Å². The van der Waals surface area contributed by atoms with Crippen LogP contribution in [0.4, 0.5) is 10.5 Å². The zero-order valence-corrected chi connectivity index (χ0v) is 16.0. The SMILES string of the molecule is C=C/C(CCCC)=C(/C)N=C(C)CCNC(=O)Nc1cccc(C)c1. The molecule has 2 amide bonds. The van der Waals surface area contributed by atoms with E-state index in [1.54, 1.807) is 0 Å². The standard InChI is InChI=1S/C21H31N3O/c1-6-8-11-19(7-2)18(5)23-17(4)13-14-22-21(25)24-20-12-9-10-16(3)15-20/h7,9-10,12,15H,2,6,8,11,13-14H2,1,3-5H3,(H2,22,24,25)/b19-18+,23-17?. The first-order valence-electron chi connectivity index (χ1n) is 8.94. The third-order valence-corrected chi connectivity index (χ3v) is 3.92. The first-order valence-corrected chi connectivity index (χ1v) is 8.94. The minimum atomic E-state index is -0.194. The van der Waals surface area contributed by atoms with Crippen molar-refractivity contribution < 1.29 is 4.79 Å². The Labute approximate surface area is 152 Å². The summed E-state index contributed by atoms with van der Waals surface area (Å²) in [4.78, 5) is 16.6. The van der Waals surface area contributed by atoms with Gasteiger partial charge in [-0.15, -0.1) is 0 Å². The molecule has 25 heavy (non-hydrogen) atoms. The van der Waals surface area contributed by atoms with Crippen LogP contribution in [0.15, 0.2) is 53.2 Å². The van der Waals surface area contributed by atoms with Crippen molar-refractivity contribution in [2.45, 2.75) is 53.4 Å². The summed E-state index contributed by atoms with van der Waals surface area (Å²) in [6.07, 6.45) is 5.94. The van der Waals surface area contributed by atoms with E-state index in [0.29, 0.717) is 6.54 Å². The molecule has 4 nitrogen and oxygen atoms in total. The highest BCUT2D eigenvalue weighted by Gasteiger charge is 2.03. The molecule has 0 aliphatic carbocycles. The zero-order valence-electron chi connectivity index (χ0n) is 16.0. The average Bonchev–Trinajstić information content (AvgIpc) is 2.55. The number of nitrogens with one attached hydrogen (secondary N) is 2. The molecule has 0 spiro atoms. The number of anilines is 1. The van der Waals surface area contributed by atoms with Crippen LogP contribution in [0.3, 0.4) is 0 Å². The Morgan fingerprint density at radius 3 is 2.68 bits per heavy atom. The predicted molar refractivity (Wildman–Crippen MR) is 108 cm³/mol. The van der Waals surface area contributed by atoms with Gasteiger partial charge in [-0.3, -0.25) is 4.99 Å². The number of urea groups is 1. The molecule has 0 saturated heterocycles. The van der Waals surface area contributed by atoms with Crippen molar-refractivity contribution in [3.63, 3.8) is 0 Å². The summed E-state index contributed by atoms with van der Waals surface area (Å²) in [5.74, 6) is 0. The van der Waals surface area contributed by atoms with Gasteiger partial charge in [0.05, 0.1) is 0 Å². The summed E-state index contributed by atoms with van der Waals surface area (Å²) in [7, 11) is 0. The van der Waals surface area contributed by atoms with E-state index in [1.807, 2.05) is 51.1 Å². The molecule has 0 saturated carbocycles. The molecule has 4 heteroatoms. The van der Waals surface area contributed by atoms with Crippen molar-refractivity contribution in [1.82, 2.24) is 5.32 Å². The van der Waals surface area contributed by atoms with Crippen LogP contribution in [0.25, 0.3) is 0 Å². The van der Waals surface area contributed by atoms with Crippen LogP contribution in [-0.2, 0) is 0 Å². The van der Waals surface area contributed by atoms with Crippen molar-refractivity contribution in [3.8, 4) is 0 Å². The number of aryl methyl sites for hydroxylation is 1. The second kappa shape index (κ2) is 11.2. The van der Waals surface area contributed by atoms with E-state index in [1.165, 1.54) is 5.57 Å². The van der Waals surface area contributed by atoms with Gasteiger partial charge in [0, 0.05) is 30.1 Å². The molecule has 0 heterocycles. The number of aliphatic imine (C=N–C) groups is 1. The van der Waals surface area contributed by atoms with Gasteiger partial charge in [-0.25, -0.2) is 4.79 Å². The lowest BCUT2D eigenvalue weighted by molar-refractivity contribution is 0.252. The summed E-state index contributed by atoms with van der Waals surface area (Å²) in [5.41, 5.74) is 5.14. The molecule has 0 fully saturated rings. The highest BCUT2D eigenvalue weighted by atomic mass is 16.2. The fourth-order valence-corrected chi connectivity index (χ4v) is 2.47. The number of unbranched alkanes of at least 4 members (excludes halogenated alkanes) is 1. The van der Waals surface area contributed by atoms with Crippen molar-refractivity contribution in [1.29, 1.82) is 0 Å². The Kier molecular flexibility index (Phi) is 9.30. The number of carbonyl (C=O) groups is 1. The van der Waals surface area contributed by atoms with Crippen molar-refractivity contribution in [2.24, 2.45) is 4.99 Å². The smallest absolute Gasteiger partial charge is 0.319 e. The van der Waals surface area contributed by atoms with Gasteiger partial charge in [-0.1, -0.05) is 38.1 Å². The molecular formula is C21H31N3O. The average molecular weight is 341 g/mol. The van der Waals surface area contributed by atoms with Gasteiger partial charge >= 0.3 is 6.03 Å². The van der Waals surface area contributed by atoms with Crippen LogP contribution < -0.4 is 10.6 Å². The monoisotopic (exact) mass is 341 g/mol. The summed E-state index contributed by atoms with van der Waals surface area (Å²) < 4.78 is 0. The van der Waals surface area contributed by atoms with Crippen LogP contribution in [0.1, 0.15) is 52.0 Å². The number of hydrogen-bond donors (Lipinski definition) is 2. The van der Waals surface area contributed by atoms with Crippen LogP contribution in [0.5, 0.6) is 0 Å². The van der Waals surface area contributed by atoms with Gasteiger partial charge in [0.15, 0.2) is 0 Å². The largest absolute Gasteiger partial charge is 0.337 e. The van der Waals surface area contributed by atoms with E-state index in [2.05, 4.69) is 29.1 Å². The normalized spacial score (nSPS) is 12.4. The topological polar surface area (TPSA) is 53.5 Å². The van der Waals surface area contributed by atoms with E-state index < -0.39 is 0 Å². The molecule has 0 bridgehead atoms. The van der Waals surface area contributed by atoms with E-state index >= 15 is 0 Å². The molecule has 2 N–H and O–H groups in total. The van der Waals surface area contributed by atoms with E-state index in [-0.39, 0.29) is 6.03 Å². The number of benzene rings is 1. The maximum atomic E-state index is 11.9. The third-order valence-electron chi connectivity index (χ3n) is 3.92. The van der Waals surface area contributed by atoms with Crippen LogP contribution >= 0.6 is 0 Å². The lowest BCUT2D eigenvalue weighted by Gasteiger charge is -2.09.